The van der Waals surface area contributed by atoms with Gasteiger partial charge in [0, 0.05) is 17.1 Å². The molecule has 0 unspecified atom stereocenters. The SMILES string of the molecule is NS(=O)(=O)c1ccc(CCNC(=O)/C=C/c2ccc(Br)cc2)cc1. The monoisotopic (exact) mass is 408 g/mol. The number of carbonyl (C=O) groups is 1. The summed E-state index contributed by atoms with van der Waals surface area (Å²) in [4.78, 5) is 11.8. The molecule has 0 aromatic heterocycles. The van der Waals surface area contributed by atoms with E-state index in [0.29, 0.717) is 13.0 Å². The number of halogens is 1. The van der Waals surface area contributed by atoms with Crippen molar-refractivity contribution in [3.05, 3.63) is 70.2 Å². The van der Waals surface area contributed by atoms with Gasteiger partial charge in [-0.05, 0) is 47.9 Å². The highest BCUT2D eigenvalue weighted by molar-refractivity contribution is 9.10. The number of hydrogen-bond acceptors (Lipinski definition) is 3. The van der Waals surface area contributed by atoms with Crippen molar-refractivity contribution in [1.29, 1.82) is 0 Å². The maximum atomic E-state index is 11.8. The van der Waals surface area contributed by atoms with Gasteiger partial charge in [-0.1, -0.05) is 40.2 Å². The molecule has 1 amide bonds. The molecule has 5 nitrogen and oxygen atoms in total. The zero-order chi connectivity index (χ0) is 17.6. The van der Waals surface area contributed by atoms with Crippen molar-refractivity contribution in [2.24, 2.45) is 5.14 Å². The highest BCUT2D eigenvalue weighted by Gasteiger charge is 2.06. The van der Waals surface area contributed by atoms with Crippen molar-refractivity contribution >= 4 is 37.9 Å². The van der Waals surface area contributed by atoms with Gasteiger partial charge in [0.15, 0.2) is 0 Å². The number of nitrogens with two attached hydrogens (primary N) is 1. The molecule has 0 radical (unpaired) electrons. The number of rotatable bonds is 6. The maximum Gasteiger partial charge on any atom is 0.244 e. The first-order chi connectivity index (χ1) is 11.3. The molecule has 0 atom stereocenters. The van der Waals surface area contributed by atoms with Crippen LogP contribution in [0.15, 0.2) is 64.0 Å². The molecule has 0 fully saturated rings. The molecule has 2 aromatic carbocycles. The van der Waals surface area contributed by atoms with Gasteiger partial charge in [0.05, 0.1) is 4.90 Å². The van der Waals surface area contributed by atoms with E-state index in [2.05, 4.69) is 21.2 Å². The van der Waals surface area contributed by atoms with Crippen molar-refractivity contribution in [2.75, 3.05) is 6.54 Å². The molecule has 24 heavy (non-hydrogen) atoms. The minimum Gasteiger partial charge on any atom is -0.352 e. The molecule has 0 heterocycles. The van der Waals surface area contributed by atoms with Crippen LogP contribution in [0.2, 0.25) is 0 Å². The smallest absolute Gasteiger partial charge is 0.244 e. The van der Waals surface area contributed by atoms with Gasteiger partial charge in [-0.3, -0.25) is 4.79 Å². The largest absolute Gasteiger partial charge is 0.352 e. The Kier molecular flexibility index (Phi) is 6.30. The fourth-order valence-electron chi connectivity index (χ4n) is 1.98. The molecule has 0 aliphatic carbocycles. The van der Waals surface area contributed by atoms with Crippen molar-refractivity contribution in [2.45, 2.75) is 11.3 Å². The minimum atomic E-state index is -3.67. The maximum absolute atomic E-state index is 11.8. The number of sulfonamides is 1. The normalized spacial score (nSPS) is 11.6. The summed E-state index contributed by atoms with van der Waals surface area (Å²) in [7, 11) is -3.67. The second-order valence-electron chi connectivity index (χ2n) is 5.11. The zero-order valence-electron chi connectivity index (χ0n) is 12.8. The summed E-state index contributed by atoms with van der Waals surface area (Å²) in [6.07, 6.45) is 3.82. The standard InChI is InChI=1S/C17H17BrN2O3S/c18-15-6-1-13(2-7-15)5-10-17(21)20-12-11-14-3-8-16(9-4-14)24(19,22)23/h1-10H,11-12H2,(H,20,21)(H2,19,22,23)/b10-5+. The van der Waals surface area contributed by atoms with Crippen LogP contribution in [-0.2, 0) is 21.2 Å². The molecule has 0 saturated heterocycles. The first-order valence-corrected chi connectivity index (χ1v) is 9.52. The molecule has 3 N–H and O–H groups in total. The summed E-state index contributed by atoms with van der Waals surface area (Å²) < 4.78 is 23.3. The van der Waals surface area contributed by atoms with Crippen LogP contribution in [-0.4, -0.2) is 20.9 Å². The van der Waals surface area contributed by atoms with Gasteiger partial charge in [-0.2, -0.15) is 0 Å². The van der Waals surface area contributed by atoms with Gasteiger partial charge in [0.25, 0.3) is 0 Å². The summed E-state index contributed by atoms with van der Waals surface area (Å²) in [5, 5.41) is 7.82. The average molecular weight is 409 g/mol. The number of carbonyl (C=O) groups excluding carboxylic acids is 1. The van der Waals surface area contributed by atoms with E-state index >= 15 is 0 Å². The minimum absolute atomic E-state index is 0.0766. The van der Waals surface area contributed by atoms with Gasteiger partial charge in [-0.15, -0.1) is 0 Å². The van der Waals surface area contributed by atoms with Gasteiger partial charge in [0.1, 0.15) is 0 Å². The van der Waals surface area contributed by atoms with Crippen molar-refractivity contribution in [3.63, 3.8) is 0 Å². The second kappa shape index (κ2) is 8.23. The lowest BCUT2D eigenvalue weighted by Gasteiger charge is -2.04. The highest BCUT2D eigenvalue weighted by atomic mass is 79.9. The van der Waals surface area contributed by atoms with Crippen molar-refractivity contribution in [1.82, 2.24) is 5.32 Å². The molecule has 7 heteroatoms. The molecule has 126 valence electrons. The Morgan fingerprint density at radius 3 is 2.29 bits per heavy atom. The topological polar surface area (TPSA) is 89.3 Å². The Balaban J connectivity index is 1.81. The predicted molar refractivity (Wildman–Crippen MR) is 97.7 cm³/mol. The molecule has 0 aliphatic heterocycles. The lowest BCUT2D eigenvalue weighted by Crippen LogP contribution is -2.23. The quantitative estimate of drug-likeness (QED) is 0.719. The van der Waals surface area contributed by atoms with Gasteiger partial charge in [-0.25, -0.2) is 13.6 Å². The molecule has 0 bridgehead atoms. The Morgan fingerprint density at radius 1 is 1.08 bits per heavy atom. The fourth-order valence-corrected chi connectivity index (χ4v) is 2.76. The average Bonchev–Trinajstić information content (AvgIpc) is 2.54. The van der Waals surface area contributed by atoms with E-state index in [0.717, 1.165) is 15.6 Å². The third-order valence-corrected chi connectivity index (χ3v) is 4.72. The summed E-state index contributed by atoms with van der Waals surface area (Å²) in [6.45, 7) is 0.457. The Bertz CT molecular complexity index is 829. The summed E-state index contributed by atoms with van der Waals surface area (Å²) in [6, 6.07) is 13.9. The molecular formula is C17H17BrN2O3S. The third kappa shape index (κ3) is 5.92. The lowest BCUT2D eigenvalue weighted by atomic mass is 10.1. The molecule has 0 saturated carbocycles. The van der Waals surface area contributed by atoms with E-state index < -0.39 is 10.0 Å². The second-order valence-corrected chi connectivity index (χ2v) is 7.59. The summed E-state index contributed by atoms with van der Waals surface area (Å²) in [5.41, 5.74) is 1.85. The molecular weight excluding hydrogens is 392 g/mol. The molecule has 2 aromatic rings. The van der Waals surface area contributed by atoms with E-state index in [1.165, 1.54) is 18.2 Å². The van der Waals surface area contributed by atoms with Crippen LogP contribution in [0.25, 0.3) is 6.08 Å². The Labute approximate surface area is 149 Å². The number of primary sulfonamides is 1. The van der Waals surface area contributed by atoms with Gasteiger partial charge >= 0.3 is 0 Å². The first-order valence-electron chi connectivity index (χ1n) is 7.18. The number of nitrogens with one attached hydrogen (secondary N) is 1. The van der Waals surface area contributed by atoms with Crippen LogP contribution >= 0.6 is 15.9 Å². The van der Waals surface area contributed by atoms with Crippen molar-refractivity contribution in [3.8, 4) is 0 Å². The van der Waals surface area contributed by atoms with Gasteiger partial charge < -0.3 is 5.32 Å². The first kappa shape index (κ1) is 18.4. The van der Waals surface area contributed by atoms with E-state index in [4.69, 9.17) is 5.14 Å². The van der Waals surface area contributed by atoms with Crippen molar-refractivity contribution < 1.29 is 13.2 Å². The van der Waals surface area contributed by atoms with Crippen LogP contribution in [0.5, 0.6) is 0 Å². The van der Waals surface area contributed by atoms with E-state index in [1.807, 2.05) is 24.3 Å². The zero-order valence-corrected chi connectivity index (χ0v) is 15.2. The van der Waals surface area contributed by atoms with E-state index in [9.17, 15) is 13.2 Å². The fraction of sp³-hybridized carbons (Fsp3) is 0.118. The third-order valence-electron chi connectivity index (χ3n) is 3.26. The molecule has 0 aliphatic rings. The van der Waals surface area contributed by atoms with Crippen LogP contribution in [0.1, 0.15) is 11.1 Å². The number of benzene rings is 2. The predicted octanol–water partition coefficient (Wildman–Crippen LogP) is 2.47. The van der Waals surface area contributed by atoms with Gasteiger partial charge in [0.2, 0.25) is 15.9 Å². The summed E-state index contributed by atoms with van der Waals surface area (Å²) >= 11 is 3.35. The van der Waals surface area contributed by atoms with E-state index in [-0.39, 0.29) is 10.8 Å². The number of hydrogen-bond donors (Lipinski definition) is 2. The van der Waals surface area contributed by atoms with Crippen LogP contribution < -0.4 is 10.5 Å². The van der Waals surface area contributed by atoms with Crippen LogP contribution in [0, 0.1) is 0 Å². The highest BCUT2D eigenvalue weighted by Crippen LogP contribution is 2.11. The molecule has 0 spiro atoms. The lowest BCUT2D eigenvalue weighted by molar-refractivity contribution is -0.116. The molecule has 2 rings (SSSR count). The van der Waals surface area contributed by atoms with Crippen LogP contribution in [0.3, 0.4) is 0 Å². The number of amides is 1. The van der Waals surface area contributed by atoms with E-state index in [1.54, 1.807) is 18.2 Å². The Morgan fingerprint density at radius 2 is 1.71 bits per heavy atom. The summed E-state index contributed by atoms with van der Waals surface area (Å²) in [5.74, 6) is -0.181. The van der Waals surface area contributed by atoms with Crippen LogP contribution in [0.4, 0.5) is 0 Å². The Hall–Kier alpha value is -1.96.